The first-order valence-corrected chi connectivity index (χ1v) is 14.4. The number of halogens is 6. The Hall–Kier alpha value is -3.58. The molecule has 0 bridgehead atoms. The molecule has 2 heterocycles. The lowest BCUT2D eigenvalue weighted by Gasteiger charge is -2.40. The van der Waals surface area contributed by atoms with Crippen molar-refractivity contribution in [1.82, 2.24) is 20.2 Å². The molecule has 1 aromatic heterocycles. The number of sulfone groups is 1. The molecule has 2 aromatic rings. The summed E-state index contributed by atoms with van der Waals surface area (Å²) in [5.74, 6) is -4.38. The van der Waals surface area contributed by atoms with Crippen molar-refractivity contribution >= 4 is 33.4 Å². The summed E-state index contributed by atoms with van der Waals surface area (Å²) >= 11 is 5.74. The number of benzene rings is 1. The second-order valence-electron chi connectivity index (χ2n) is 10.3. The molecule has 2 amide bonds. The normalized spacial score (nSPS) is 22.2. The van der Waals surface area contributed by atoms with Crippen LogP contribution >= 0.6 is 11.6 Å². The van der Waals surface area contributed by atoms with E-state index < -0.39 is 74.2 Å². The summed E-state index contributed by atoms with van der Waals surface area (Å²) in [6.45, 7) is -1.46. The SMILES string of the molecule is N#CC1(NC(=O)O)CC1.O=C([C@@H]1CC[C@@H](S(=O)(=O)c2ccc(-c3cncc(Cl)n3)cc2C(F)(F)F)C1)N1CC(F)(F)C1. The summed E-state index contributed by atoms with van der Waals surface area (Å²) in [4.78, 5) is 30.0. The molecule has 1 saturated heterocycles. The number of amides is 2. The monoisotopic (exact) mass is 635 g/mol. The topological polar surface area (TPSA) is 153 Å². The minimum absolute atomic E-state index is 0.0190. The van der Waals surface area contributed by atoms with Gasteiger partial charge in [0.05, 0.1) is 53.0 Å². The van der Waals surface area contributed by atoms with Gasteiger partial charge in [-0.2, -0.15) is 18.4 Å². The Morgan fingerprint density at radius 1 is 1.17 bits per heavy atom. The van der Waals surface area contributed by atoms with Gasteiger partial charge in [0, 0.05) is 11.5 Å². The van der Waals surface area contributed by atoms with Gasteiger partial charge in [-0.1, -0.05) is 17.7 Å². The molecule has 42 heavy (non-hydrogen) atoms. The average Bonchev–Trinajstić information content (AvgIpc) is 3.47. The third kappa shape index (κ3) is 6.89. The third-order valence-electron chi connectivity index (χ3n) is 7.13. The summed E-state index contributed by atoms with van der Waals surface area (Å²) in [5, 5.41) is 17.4. The molecule has 10 nitrogen and oxygen atoms in total. The van der Waals surface area contributed by atoms with Crippen molar-refractivity contribution in [2.75, 3.05) is 13.1 Å². The van der Waals surface area contributed by atoms with E-state index in [-0.39, 0.29) is 35.7 Å². The summed E-state index contributed by atoms with van der Waals surface area (Å²) < 4.78 is 93.8. The smallest absolute Gasteiger partial charge is 0.417 e. The van der Waals surface area contributed by atoms with E-state index in [4.69, 9.17) is 22.0 Å². The van der Waals surface area contributed by atoms with Gasteiger partial charge >= 0.3 is 12.3 Å². The zero-order valence-corrected chi connectivity index (χ0v) is 23.1. The Morgan fingerprint density at radius 3 is 2.33 bits per heavy atom. The Balaban J connectivity index is 0.000000385. The second kappa shape index (κ2) is 11.3. The van der Waals surface area contributed by atoms with Gasteiger partial charge in [0.15, 0.2) is 9.84 Å². The van der Waals surface area contributed by atoms with Gasteiger partial charge in [-0.25, -0.2) is 27.0 Å². The van der Waals surface area contributed by atoms with Crippen LogP contribution in [-0.4, -0.2) is 70.2 Å². The molecule has 5 rings (SSSR count). The number of hydrogen-bond acceptors (Lipinski definition) is 7. The van der Waals surface area contributed by atoms with Gasteiger partial charge in [0.1, 0.15) is 10.7 Å². The minimum atomic E-state index is -4.98. The van der Waals surface area contributed by atoms with Crippen molar-refractivity contribution in [3.63, 3.8) is 0 Å². The van der Waals surface area contributed by atoms with Crippen LogP contribution in [0.25, 0.3) is 11.3 Å². The molecule has 2 saturated carbocycles. The van der Waals surface area contributed by atoms with Crippen LogP contribution in [0, 0.1) is 17.2 Å². The van der Waals surface area contributed by atoms with E-state index in [9.17, 15) is 40.0 Å². The predicted molar refractivity (Wildman–Crippen MR) is 136 cm³/mol. The molecule has 17 heteroatoms. The number of alkyl halides is 5. The first-order chi connectivity index (χ1) is 19.5. The number of likely N-dealkylation sites (tertiary alicyclic amines) is 1. The first-order valence-electron chi connectivity index (χ1n) is 12.5. The molecule has 3 aliphatic rings. The number of aromatic nitrogens is 2. The molecule has 226 valence electrons. The zero-order chi connectivity index (χ0) is 31.1. The highest BCUT2D eigenvalue weighted by Gasteiger charge is 2.50. The van der Waals surface area contributed by atoms with Gasteiger partial charge < -0.3 is 15.3 Å². The van der Waals surface area contributed by atoms with E-state index in [1.165, 1.54) is 18.5 Å². The highest BCUT2D eigenvalue weighted by Crippen LogP contribution is 2.42. The number of carbonyl (C=O) groups is 2. The molecule has 0 radical (unpaired) electrons. The molecule has 0 unspecified atom stereocenters. The molecule has 2 N–H and O–H groups in total. The number of nitrogens with one attached hydrogen (secondary N) is 1. The lowest BCUT2D eigenvalue weighted by atomic mass is 10.0. The van der Waals surface area contributed by atoms with Crippen LogP contribution in [0.3, 0.4) is 0 Å². The van der Waals surface area contributed by atoms with E-state index in [2.05, 4.69) is 15.3 Å². The Bertz CT molecular complexity index is 1540. The molecule has 0 spiro atoms. The number of carbonyl (C=O) groups excluding carboxylic acids is 1. The summed E-state index contributed by atoms with van der Waals surface area (Å²) in [5.41, 5.74) is -2.07. The van der Waals surface area contributed by atoms with Gasteiger partial charge in [0.2, 0.25) is 5.91 Å². The molecule has 3 fully saturated rings. The average molecular weight is 636 g/mol. The number of nitriles is 1. The first kappa shape index (κ1) is 31.4. The number of carboxylic acid groups (broad SMARTS) is 1. The predicted octanol–water partition coefficient (Wildman–Crippen LogP) is 4.55. The zero-order valence-electron chi connectivity index (χ0n) is 21.5. The lowest BCUT2D eigenvalue weighted by molar-refractivity contribution is -0.169. The summed E-state index contributed by atoms with van der Waals surface area (Å²) in [6.07, 6.45) is -2.57. The maximum atomic E-state index is 13.8. The molecule has 2 aliphatic carbocycles. The van der Waals surface area contributed by atoms with Gasteiger partial charge in [-0.05, 0) is 44.2 Å². The minimum Gasteiger partial charge on any atom is -0.465 e. The standard InChI is InChI=1S/C20H17ClF5N3O3S.C5H6N2O2/c21-17-8-27-7-15(28-17)11-2-4-16(14(6-11)20(24,25)26)33(31,32)13-3-1-12(5-13)18(30)29-9-19(22,23)10-29;6-3-5(1-2-5)7-4(8)9/h2,4,6-8,12-13H,1,3,5,9-10H2;7H,1-2H2,(H,8,9)/t12-,13-;/m1./s1. The Morgan fingerprint density at radius 2 is 1.83 bits per heavy atom. The molecule has 2 atom stereocenters. The van der Waals surface area contributed by atoms with Crippen LogP contribution in [0.5, 0.6) is 0 Å². The van der Waals surface area contributed by atoms with Crippen LogP contribution in [0.4, 0.5) is 26.7 Å². The van der Waals surface area contributed by atoms with E-state index in [0.29, 0.717) is 18.9 Å². The van der Waals surface area contributed by atoms with E-state index in [1.54, 1.807) is 0 Å². The van der Waals surface area contributed by atoms with Crippen LogP contribution in [-0.2, 0) is 20.8 Å². The second-order valence-corrected chi connectivity index (χ2v) is 12.9. The molecular formula is C25H23ClF5N5O5S. The van der Waals surface area contributed by atoms with Crippen molar-refractivity contribution in [2.24, 2.45) is 5.92 Å². The van der Waals surface area contributed by atoms with Crippen LogP contribution in [0.15, 0.2) is 35.5 Å². The van der Waals surface area contributed by atoms with Crippen molar-refractivity contribution in [2.45, 2.75) is 59.9 Å². The number of hydrogen-bond donors (Lipinski definition) is 2. The maximum absolute atomic E-state index is 13.8. The van der Waals surface area contributed by atoms with E-state index >= 15 is 0 Å². The largest absolute Gasteiger partial charge is 0.465 e. The highest BCUT2D eigenvalue weighted by molar-refractivity contribution is 7.92. The van der Waals surface area contributed by atoms with Crippen molar-refractivity contribution in [3.8, 4) is 17.3 Å². The van der Waals surface area contributed by atoms with Crippen LogP contribution in [0.2, 0.25) is 5.15 Å². The Labute approximate surface area is 241 Å². The van der Waals surface area contributed by atoms with Crippen LogP contribution in [0.1, 0.15) is 37.7 Å². The fourth-order valence-electron chi connectivity index (χ4n) is 4.79. The lowest BCUT2D eigenvalue weighted by Crippen LogP contribution is -2.59. The highest BCUT2D eigenvalue weighted by atomic mass is 35.5. The maximum Gasteiger partial charge on any atom is 0.417 e. The van der Waals surface area contributed by atoms with Crippen molar-refractivity contribution in [1.29, 1.82) is 5.26 Å². The molecule has 1 aromatic carbocycles. The quantitative estimate of drug-likeness (QED) is 0.454. The summed E-state index contributed by atoms with van der Waals surface area (Å²) in [7, 11) is -4.46. The van der Waals surface area contributed by atoms with Crippen LogP contribution < -0.4 is 5.32 Å². The van der Waals surface area contributed by atoms with Gasteiger partial charge in [0.25, 0.3) is 5.92 Å². The van der Waals surface area contributed by atoms with Gasteiger partial charge in [-0.15, -0.1) is 0 Å². The number of rotatable bonds is 5. The van der Waals surface area contributed by atoms with Crippen molar-refractivity contribution < 1.29 is 45.1 Å². The Kier molecular flexibility index (Phi) is 8.40. The number of nitrogens with zero attached hydrogens (tertiary/aromatic N) is 4. The fraction of sp³-hybridized carbons (Fsp3) is 0.480. The third-order valence-corrected chi connectivity index (χ3v) is 9.59. The van der Waals surface area contributed by atoms with Crippen molar-refractivity contribution in [3.05, 3.63) is 41.3 Å². The molecule has 1 aliphatic heterocycles. The van der Waals surface area contributed by atoms with Gasteiger partial charge in [-0.3, -0.25) is 9.78 Å². The van der Waals surface area contributed by atoms with E-state index in [1.807, 2.05) is 6.07 Å². The molecular weight excluding hydrogens is 613 g/mol. The fourth-order valence-corrected chi connectivity index (χ4v) is 6.96. The summed E-state index contributed by atoms with van der Waals surface area (Å²) in [6, 6.07) is 4.61. The van der Waals surface area contributed by atoms with E-state index in [0.717, 1.165) is 11.0 Å².